The molecule has 0 aromatic heterocycles. The Hall–Kier alpha value is -2.73. The largest absolute Gasteiger partial charge is 0.307 e. The Morgan fingerprint density at radius 2 is 1.27 bits per heavy atom. The second kappa shape index (κ2) is 7.84. The van der Waals surface area contributed by atoms with E-state index in [1.165, 1.54) is 11.1 Å². The summed E-state index contributed by atoms with van der Waals surface area (Å²) < 4.78 is 27.5. The van der Waals surface area contributed by atoms with Crippen LogP contribution >= 0.6 is 0 Å². The third-order valence-corrected chi connectivity index (χ3v) is 7.91. The molecule has 0 radical (unpaired) electrons. The molecular formula is C25H24N2O2S. The number of rotatable bonds is 5. The zero-order valence-corrected chi connectivity index (χ0v) is 17.4. The van der Waals surface area contributed by atoms with E-state index in [1.807, 2.05) is 24.3 Å². The Morgan fingerprint density at radius 1 is 0.733 bits per heavy atom. The number of hydrogen-bond donors (Lipinski definition) is 1. The fourth-order valence-corrected chi connectivity index (χ4v) is 5.99. The van der Waals surface area contributed by atoms with Crippen molar-refractivity contribution < 1.29 is 8.42 Å². The van der Waals surface area contributed by atoms with Crippen LogP contribution < -0.4 is 5.32 Å². The van der Waals surface area contributed by atoms with E-state index in [0.29, 0.717) is 23.9 Å². The maximum atomic E-state index is 12.9. The van der Waals surface area contributed by atoms with Gasteiger partial charge in [0.1, 0.15) is 0 Å². The van der Waals surface area contributed by atoms with Gasteiger partial charge < -0.3 is 5.32 Å². The first-order valence-electron chi connectivity index (χ1n) is 10.3. The SMILES string of the molecule is O=S(=O)(c1ccccc1)N1C[C@@H]2N[C@H](C1)C2c1ccc(/C=C/c2ccccc2)cc1. The molecule has 1 unspecified atom stereocenters. The molecule has 30 heavy (non-hydrogen) atoms. The molecule has 4 nitrogen and oxygen atoms in total. The normalized spacial score (nSPS) is 23.9. The Labute approximate surface area is 177 Å². The van der Waals surface area contributed by atoms with Crippen molar-refractivity contribution in [2.45, 2.75) is 22.9 Å². The highest BCUT2D eigenvalue weighted by molar-refractivity contribution is 7.89. The lowest BCUT2D eigenvalue weighted by molar-refractivity contribution is 0.102. The molecule has 1 N–H and O–H groups in total. The number of fused-ring (bicyclic) bond motifs is 2. The first-order chi connectivity index (χ1) is 14.6. The van der Waals surface area contributed by atoms with Crippen molar-refractivity contribution in [1.29, 1.82) is 0 Å². The number of piperazine rings is 1. The van der Waals surface area contributed by atoms with Crippen LogP contribution in [0.25, 0.3) is 12.2 Å². The van der Waals surface area contributed by atoms with Crippen molar-refractivity contribution in [1.82, 2.24) is 9.62 Å². The summed E-state index contributed by atoms with van der Waals surface area (Å²) in [6, 6.07) is 27.9. The van der Waals surface area contributed by atoms with Gasteiger partial charge in [0, 0.05) is 31.1 Å². The quantitative estimate of drug-likeness (QED) is 0.640. The molecular weight excluding hydrogens is 392 g/mol. The lowest BCUT2D eigenvalue weighted by Crippen LogP contribution is -2.72. The van der Waals surface area contributed by atoms with Crippen molar-refractivity contribution in [3.8, 4) is 0 Å². The minimum Gasteiger partial charge on any atom is -0.307 e. The van der Waals surface area contributed by atoms with Crippen LogP contribution in [0.2, 0.25) is 0 Å². The van der Waals surface area contributed by atoms with Gasteiger partial charge in [-0.15, -0.1) is 0 Å². The molecule has 3 aromatic carbocycles. The number of nitrogens with one attached hydrogen (secondary N) is 1. The van der Waals surface area contributed by atoms with Crippen molar-refractivity contribution in [3.05, 3.63) is 102 Å². The number of piperidine rings is 1. The fraction of sp³-hybridized carbons (Fsp3) is 0.200. The highest BCUT2D eigenvalue weighted by atomic mass is 32.2. The summed E-state index contributed by atoms with van der Waals surface area (Å²) in [6.45, 7) is 1.02. The lowest BCUT2D eigenvalue weighted by Gasteiger charge is -2.54. The van der Waals surface area contributed by atoms with Crippen LogP contribution in [0.5, 0.6) is 0 Å². The van der Waals surface area contributed by atoms with E-state index in [2.05, 4.69) is 53.9 Å². The molecule has 152 valence electrons. The van der Waals surface area contributed by atoms with Crippen LogP contribution in [0.15, 0.2) is 89.8 Å². The second-order valence-electron chi connectivity index (χ2n) is 7.95. The molecule has 0 aliphatic carbocycles. The zero-order valence-electron chi connectivity index (χ0n) is 16.6. The number of nitrogens with zero attached hydrogens (tertiary/aromatic N) is 1. The van der Waals surface area contributed by atoms with Gasteiger partial charge >= 0.3 is 0 Å². The van der Waals surface area contributed by atoms with E-state index >= 15 is 0 Å². The average molecular weight is 417 g/mol. The van der Waals surface area contributed by atoms with E-state index in [0.717, 1.165) is 5.56 Å². The fourth-order valence-electron chi connectivity index (χ4n) is 4.48. The molecule has 0 saturated carbocycles. The third-order valence-electron chi connectivity index (χ3n) is 6.07. The van der Waals surface area contributed by atoms with E-state index in [1.54, 1.807) is 28.6 Å². The molecule has 3 aromatic rings. The van der Waals surface area contributed by atoms with Crippen molar-refractivity contribution in [3.63, 3.8) is 0 Å². The molecule has 3 heterocycles. The minimum absolute atomic E-state index is 0.160. The maximum Gasteiger partial charge on any atom is 0.243 e. The molecule has 3 aliphatic rings. The number of hydrogen-bond acceptors (Lipinski definition) is 3. The van der Waals surface area contributed by atoms with Crippen LogP contribution in [0, 0.1) is 0 Å². The molecule has 3 aliphatic heterocycles. The molecule has 3 fully saturated rings. The summed E-state index contributed by atoms with van der Waals surface area (Å²) in [6.07, 6.45) is 4.23. The highest BCUT2D eigenvalue weighted by Gasteiger charge is 2.49. The molecule has 6 rings (SSSR count). The van der Waals surface area contributed by atoms with Gasteiger partial charge in [0.25, 0.3) is 0 Å². The van der Waals surface area contributed by atoms with Crippen LogP contribution in [0.4, 0.5) is 0 Å². The van der Waals surface area contributed by atoms with E-state index in [9.17, 15) is 8.42 Å². The molecule has 3 atom stereocenters. The number of benzene rings is 3. The van der Waals surface area contributed by atoms with Crippen molar-refractivity contribution in [2.75, 3.05) is 13.1 Å². The lowest BCUT2D eigenvalue weighted by atomic mass is 9.75. The predicted octanol–water partition coefficient (Wildman–Crippen LogP) is 3.99. The molecule has 0 amide bonds. The van der Waals surface area contributed by atoms with Crippen molar-refractivity contribution >= 4 is 22.2 Å². The van der Waals surface area contributed by atoms with Gasteiger partial charge in [-0.25, -0.2) is 8.42 Å². The summed E-state index contributed by atoms with van der Waals surface area (Å²) in [7, 11) is -3.43. The third kappa shape index (κ3) is 3.60. The van der Waals surface area contributed by atoms with Gasteiger partial charge in [0.15, 0.2) is 0 Å². The molecule has 3 saturated heterocycles. The van der Waals surface area contributed by atoms with Crippen LogP contribution in [0.1, 0.15) is 22.6 Å². The topological polar surface area (TPSA) is 49.4 Å². The summed E-state index contributed by atoms with van der Waals surface area (Å²) in [4.78, 5) is 0.373. The molecule has 0 spiro atoms. The minimum atomic E-state index is -3.43. The zero-order chi connectivity index (χ0) is 20.6. The van der Waals surface area contributed by atoms with Gasteiger partial charge in [0.2, 0.25) is 10.0 Å². The average Bonchev–Trinajstić information content (AvgIpc) is 2.80. The summed E-state index contributed by atoms with van der Waals surface area (Å²) in [5, 5.41) is 3.52. The summed E-state index contributed by atoms with van der Waals surface area (Å²) >= 11 is 0. The van der Waals surface area contributed by atoms with E-state index < -0.39 is 10.0 Å². The Bertz CT molecular complexity index is 1130. The van der Waals surface area contributed by atoms with Crippen LogP contribution in [-0.4, -0.2) is 37.9 Å². The summed E-state index contributed by atoms with van der Waals surface area (Å²) in [5.74, 6) is 0.361. The van der Waals surface area contributed by atoms with Gasteiger partial charge in [0.05, 0.1) is 4.90 Å². The standard InChI is InChI=1S/C25H24N2O2S/c28-30(29,22-9-5-2-6-10-22)27-17-23-25(24(18-27)26-23)21-15-13-20(14-16-21)12-11-19-7-3-1-4-8-19/h1-16,23-26H,17-18H2/b12-11+/t23-,24+,25?. The van der Waals surface area contributed by atoms with Crippen LogP contribution in [0.3, 0.4) is 0 Å². The Kier molecular flexibility index (Phi) is 5.03. The van der Waals surface area contributed by atoms with Crippen LogP contribution in [-0.2, 0) is 10.0 Å². The first kappa shape index (κ1) is 19.2. The van der Waals surface area contributed by atoms with Gasteiger partial charge in [-0.1, -0.05) is 84.9 Å². The molecule has 2 bridgehead atoms. The van der Waals surface area contributed by atoms with E-state index in [-0.39, 0.29) is 12.1 Å². The van der Waals surface area contributed by atoms with Gasteiger partial charge in [-0.2, -0.15) is 4.31 Å². The van der Waals surface area contributed by atoms with Crippen molar-refractivity contribution in [2.24, 2.45) is 0 Å². The monoisotopic (exact) mass is 416 g/mol. The molecule has 5 heteroatoms. The highest BCUT2D eigenvalue weighted by Crippen LogP contribution is 2.38. The Morgan fingerprint density at radius 3 is 1.87 bits per heavy atom. The first-order valence-corrected chi connectivity index (χ1v) is 11.7. The van der Waals surface area contributed by atoms with Gasteiger partial charge in [-0.3, -0.25) is 0 Å². The number of sulfonamides is 1. The predicted molar refractivity (Wildman–Crippen MR) is 120 cm³/mol. The van der Waals surface area contributed by atoms with Gasteiger partial charge in [-0.05, 0) is 28.8 Å². The maximum absolute atomic E-state index is 12.9. The van der Waals surface area contributed by atoms with E-state index in [4.69, 9.17) is 0 Å². The second-order valence-corrected chi connectivity index (χ2v) is 9.89. The summed E-state index contributed by atoms with van der Waals surface area (Å²) in [5.41, 5.74) is 3.62. The Balaban J connectivity index is 1.27. The smallest absolute Gasteiger partial charge is 0.243 e.